The van der Waals surface area contributed by atoms with Gasteiger partial charge in [0.25, 0.3) is 0 Å². The van der Waals surface area contributed by atoms with Gasteiger partial charge in [0, 0.05) is 0 Å². The van der Waals surface area contributed by atoms with Gasteiger partial charge in [-0.1, -0.05) is 30.3 Å². The molecular formula is C15H20O3. The van der Waals surface area contributed by atoms with Crippen LogP contribution >= 0.6 is 0 Å². The number of hydrogen-bond acceptors (Lipinski definition) is 2. The summed E-state index contributed by atoms with van der Waals surface area (Å²) < 4.78 is 5.77. The molecule has 2 atom stereocenters. The first-order chi connectivity index (χ1) is 8.48. The Morgan fingerprint density at radius 2 is 2.06 bits per heavy atom. The Labute approximate surface area is 108 Å². The molecule has 0 aromatic heterocycles. The van der Waals surface area contributed by atoms with Crippen molar-refractivity contribution in [2.75, 3.05) is 6.61 Å². The SMILES string of the molecule is CC1(C)CC(C(=O)O)C(Cc2ccccc2)CO1. The molecule has 0 bridgehead atoms. The van der Waals surface area contributed by atoms with E-state index in [0.29, 0.717) is 13.0 Å². The first-order valence-electron chi connectivity index (χ1n) is 6.39. The van der Waals surface area contributed by atoms with Crippen LogP contribution in [0.15, 0.2) is 30.3 Å². The molecule has 18 heavy (non-hydrogen) atoms. The Kier molecular flexibility index (Phi) is 3.71. The minimum atomic E-state index is -0.702. The van der Waals surface area contributed by atoms with Crippen molar-refractivity contribution >= 4 is 5.97 Å². The standard InChI is InChI=1S/C15H20O3/c1-15(2)9-13(14(16)17)12(10-18-15)8-11-6-4-3-5-7-11/h3-7,12-13H,8-10H2,1-2H3,(H,16,17). The molecule has 1 fully saturated rings. The van der Waals surface area contributed by atoms with Crippen LogP contribution < -0.4 is 0 Å². The summed E-state index contributed by atoms with van der Waals surface area (Å²) in [6, 6.07) is 10.0. The predicted molar refractivity (Wildman–Crippen MR) is 69.4 cm³/mol. The Morgan fingerprint density at radius 1 is 1.39 bits per heavy atom. The average Bonchev–Trinajstić information content (AvgIpc) is 2.32. The minimum absolute atomic E-state index is 0.0675. The molecule has 98 valence electrons. The molecule has 0 radical (unpaired) electrons. The summed E-state index contributed by atoms with van der Waals surface area (Å²) in [7, 11) is 0. The molecule has 0 saturated carbocycles. The lowest BCUT2D eigenvalue weighted by Crippen LogP contribution is -2.43. The third-order valence-corrected chi connectivity index (χ3v) is 3.63. The van der Waals surface area contributed by atoms with Gasteiger partial charge in [0.1, 0.15) is 0 Å². The smallest absolute Gasteiger partial charge is 0.306 e. The second kappa shape index (κ2) is 5.11. The lowest BCUT2D eigenvalue weighted by atomic mass is 9.78. The van der Waals surface area contributed by atoms with E-state index in [1.165, 1.54) is 5.56 Å². The maximum atomic E-state index is 11.4. The molecule has 1 aliphatic heterocycles. The molecule has 0 spiro atoms. The van der Waals surface area contributed by atoms with Crippen LogP contribution in [0.25, 0.3) is 0 Å². The molecule has 0 aliphatic carbocycles. The topological polar surface area (TPSA) is 46.5 Å². The van der Waals surface area contributed by atoms with Crippen LogP contribution in [-0.4, -0.2) is 23.3 Å². The number of carboxylic acid groups (broad SMARTS) is 1. The van der Waals surface area contributed by atoms with E-state index in [2.05, 4.69) is 0 Å². The van der Waals surface area contributed by atoms with Crippen molar-refractivity contribution in [3.8, 4) is 0 Å². The van der Waals surface area contributed by atoms with Crippen molar-refractivity contribution in [3.63, 3.8) is 0 Å². The molecule has 2 unspecified atom stereocenters. The normalized spacial score (nSPS) is 26.8. The van der Waals surface area contributed by atoms with E-state index in [4.69, 9.17) is 4.74 Å². The van der Waals surface area contributed by atoms with Crippen molar-refractivity contribution in [1.82, 2.24) is 0 Å². The van der Waals surface area contributed by atoms with Gasteiger partial charge < -0.3 is 9.84 Å². The van der Waals surface area contributed by atoms with Crippen LogP contribution in [0.3, 0.4) is 0 Å². The van der Waals surface area contributed by atoms with Crippen molar-refractivity contribution < 1.29 is 14.6 Å². The number of aliphatic carboxylic acids is 1. The van der Waals surface area contributed by atoms with E-state index in [9.17, 15) is 9.90 Å². The number of carboxylic acids is 1. The number of carbonyl (C=O) groups is 1. The van der Waals surface area contributed by atoms with Crippen LogP contribution in [-0.2, 0) is 16.0 Å². The van der Waals surface area contributed by atoms with Crippen LogP contribution in [0.4, 0.5) is 0 Å². The molecule has 1 aromatic carbocycles. The summed E-state index contributed by atoms with van der Waals surface area (Å²) in [6.45, 7) is 4.45. The van der Waals surface area contributed by atoms with Crippen LogP contribution in [0.1, 0.15) is 25.8 Å². The van der Waals surface area contributed by atoms with Crippen molar-refractivity contribution in [2.24, 2.45) is 11.8 Å². The first-order valence-corrected chi connectivity index (χ1v) is 6.39. The quantitative estimate of drug-likeness (QED) is 0.894. The summed E-state index contributed by atoms with van der Waals surface area (Å²) in [5.74, 6) is -0.945. The van der Waals surface area contributed by atoms with Gasteiger partial charge in [0.2, 0.25) is 0 Å². The van der Waals surface area contributed by atoms with Crippen LogP contribution in [0.5, 0.6) is 0 Å². The van der Waals surface area contributed by atoms with Gasteiger partial charge in [0.15, 0.2) is 0 Å². The lowest BCUT2D eigenvalue weighted by molar-refractivity contribution is -0.159. The second-order valence-corrected chi connectivity index (χ2v) is 5.67. The molecule has 1 heterocycles. The van der Waals surface area contributed by atoms with Crippen LogP contribution in [0, 0.1) is 11.8 Å². The summed E-state index contributed by atoms with van der Waals surface area (Å²) in [5, 5.41) is 9.36. The second-order valence-electron chi connectivity index (χ2n) is 5.67. The largest absolute Gasteiger partial charge is 0.481 e. The maximum absolute atomic E-state index is 11.4. The molecular weight excluding hydrogens is 228 g/mol. The Morgan fingerprint density at radius 3 is 2.67 bits per heavy atom. The molecule has 3 heteroatoms. The molecule has 2 rings (SSSR count). The molecule has 1 N–H and O–H groups in total. The highest BCUT2D eigenvalue weighted by Crippen LogP contribution is 2.34. The van der Waals surface area contributed by atoms with Gasteiger partial charge in [-0.3, -0.25) is 4.79 Å². The van der Waals surface area contributed by atoms with E-state index in [1.807, 2.05) is 44.2 Å². The minimum Gasteiger partial charge on any atom is -0.481 e. The molecule has 3 nitrogen and oxygen atoms in total. The van der Waals surface area contributed by atoms with Crippen molar-refractivity contribution in [3.05, 3.63) is 35.9 Å². The van der Waals surface area contributed by atoms with Gasteiger partial charge in [-0.25, -0.2) is 0 Å². The van der Waals surface area contributed by atoms with E-state index >= 15 is 0 Å². The fourth-order valence-corrected chi connectivity index (χ4v) is 2.61. The van der Waals surface area contributed by atoms with Crippen molar-refractivity contribution in [2.45, 2.75) is 32.3 Å². The lowest BCUT2D eigenvalue weighted by Gasteiger charge is -2.39. The monoisotopic (exact) mass is 248 g/mol. The third-order valence-electron chi connectivity index (χ3n) is 3.63. The molecule has 1 aromatic rings. The molecule has 1 aliphatic rings. The summed E-state index contributed by atoms with van der Waals surface area (Å²) in [4.78, 5) is 11.4. The molecule has 0 amide bonds. The number of rotatable bonds is 3. The summed E-state index contributed by atoms with van der Waals surface area (Å²) >= 11 is 0. The highest BCUT2D eigenvalue weighted by Gasteiger charge is 2.39. The highest BCUT2D eigenvalue weighted by atomic mass is 16.5. The average molecular weight is 248 g/mol. The Hall–Kier alpha value is -1.35. The zero-order chi connectivity index (χ0) is 13.2. The zero-order valence-electron chi connectivity index (χ0n) is 10.9. The summed E-state index contributed by atoms with van der Waals surface area (Å²) in [6.07, 6.45) is 1.35. The Balaban J connectivity index is 2.09. The van der Waals surface area contributed by atoms with Gasteiger partial charge in [0.05, 0.1) is 18.1 Å². The number of hydrogen-bond donors (Lipinski definition) is 1. The van der Waals surface area contributed by atoms with Gasteiger partial charge >= 0.3 is 5.97 Å². The summed E-state index contributed by atoms with van der Waals surface area (Å²) in [5.41, 5.74) is 0.855. The van der Waals surface area contributed by atoms with Gasteiger partial charge in [-0.2, -0.15) is 0 Å². The first kappa shape index (κ1) is 13.1. The third kappa shape index (κ3) is 3.10. The predicted octanol–water partition coefficient (Wildman–Crippen LogP) is 2.75. The van der Waals surface area contributed by atoms with Crippen molar-refractivity contribution in [1.29, 1.82) is 0 Å². The van der Waals surface area contributed by atoms with E-state index < -0.39 is 5.97 Å². The van der Waals surface area contributed by atoms with E-state index in [-0.39, 0.29) is 17.4 Å². The number of benzene rings is 1. The fraction of sp³-hybridized carbons (Fsp3) is 0.533. The number of ether oxygens (including phenoxy) is 1. The van der Waals surface area contributed by atoms with E-state index in [1.54, 1.807) is 0 Å². The van der Waals surface area contributed by atoms with Gasteiger partial charge in [-0.15, -0.1) is 0 Å². The zero-order valence-corrected chi connectivity index (χ0v) is 10.9. The fourth-order valence-electron chi connectivity index (χ4n) is 2.61. The van der Waals surface area contributed by atoms with Gasteiger partial charge in [-0.05, 0) is 38.2 Å². The van der Waals surface area contributed by atoms with Crippen LogP contribution in [0.2, 0.25) is 0 Å². The maximum Gasteiger partial charge on any atom is 0.306 e. The Bertz CT molecular complexity index is 411. The molecule has 1 saturated heterocycles. The van der Waals surface area contributed by atoms with E-state index in [0.717, 1.165) is 6.42 Å². The highest BCUT2D eigenvalue weighted by molar-refractivity contribution is 5.70.